The first-order valence-corrected chi connectivity index (χ1v) is 9.28. The maximum absolute atomic E-state index is 13.1. The zero-order chi connectivity index (χ0) is 21.0. The van der Waals surface area contributed by atoms with Crippen molar-refractivity contribution >= 4 is 23.2 Å². The molecule has 8 heteroatoms. The van der Waals surface area contributed by atoms with E-state index in [1.54, 1.807) is 42.3 Å². The number of rotatable bonds is 6. The Labute approximate surface area is 167 Å². The highest BCUT2D eigenvalue weighted by molar-refractivity contribution is 5.96. The van der Waals surface area contributed by atoms with Crippen LogP contribution < -0.4 is 10.2 Å². The van der Waals surface area contributed by atoms with E-state index < -0.39 is 11.7 Å². The Morgan fingerprint density at radius 3 is 2.45 bits per heavy atom. The number of hydrogen-bond donors (Lipinski definition) is 1. The van der Waals surface area contributed by atoms with Crippen molar-refractivity contribution in [2.24, 2.45) is 0 Å². The van der Waals surface area contributed by atoms with Crippen LogP contribution in [0, 0.1) is 0 Å². The van der Waals surface area contributed by atoms with Crippen molar-refractivity contribution in [1.29, 1.82) is 0 Å². The molecule has 1 heterocycles. The van der Waals surface area contributed by atoms with Crippen LogP contribution >= 0.6 is 0 Å². The van der Waals surface area contributed by atoms with Gasteiger partial charge < -0.3 is 10.2 Å². The third kappa shape index (κ3) is 5.35. The van der Waals surface area contributed by atoms with Crippen molar-refractivity contribution in [2.45, 2.75) is 25.6 Å². The predicted molar refractivity (Wildman–Crippen MR) is 104 cm³/mol. The van der Waals surface area contributed by atoms with E-state index >= 15 is 0 Å². The van der Waals surface area contributed by atoms with Crippen molar-refractivity contribution in [3.8, 4) is 0 Å². The number of anilines is 2. The third-order valence-corrected chi connectivity index (χ3v) is 4.71. The molecule has 154 valence electrons. The summed E-state index contributed by atoms with van der Waals surface area (Å²) in [6, 6.07) is 12.3. The minimum Gasteiger partial charge on any atom is -0.325 e. The fourth-order valence-electron chi connectivity index (χ4n) is 3.37. The number of nitrogens with one attached hydrogen (secondary N) is 1. The maximum Gasteiger partial charge on any atom is 0.416 e. The molecule has 1 aliphatic rings. The van der Waals surface area contributed by atoms with E-state index in [0.717, 1.165) is 18.2 Å². The van der Waals surface area contributed by atoms with Crippen LogP contribution in [0.1, 0.15) is 24.0 Å². The molecule has 0 aliphatic carbocycles. The quantitative estimate of drug-likeness (QED) is 0.793. The van der Waals surface area contributed by atoms with Gasteiger partial charge in [-0.1, -0.05) is 18.2 Å². The first-order chi connectivity index (χ1) is 13.7. The summed E-state index contributed by atoms with van der Waals surface area (Å²) in [5.41, 5.74) is 0.773. The van der Waals surface area contributed by atoms with Gasteiger partial charge in [0.1, 0.15) is 0 Å². The molecule has 0 aromatic heterocycles. The lowest BCUT2D eigenvalue weighted by Gasteiger charge is -2.20. The second kappa shape index (κ2) is 8.65. The molecular weight excluding hydrogens is 383 g/mol. The average Bonchev–Trinajstić information content (AvgIpc) is 3.07. The van der Waals surface area contributed by atoms with Crippen LogP contribution in [0.15, 0.2) is 48.5 Å². The van der Waals surface area contributed by atoms with Crippen molar-refractivity contribution in [1.82, 2.24) is 4.90 Å². The Morgan fingerprint density at radius 2 is 1.83 bits per heavy atom. The topological polar surface area (TPSA) is 52.7 Å². The van der Waals surface area contributed by atoms with E-state index in [9.17, 15) is 22.8 Å². The van der Waals surface area contributed by atoms with Gasteiger partial charge in [0.2, 0.25) is 11.8 Å². The van der Waals surface area contributed by atoms with Gasteiger partial charge in [0.25, 0.3) is 0 Å². The summed E-state index contributed by atoms with van der Waals surface area (Å²) in [6.07, 6.45) is -3.05. The summed E-state index contributed by atoms with van der Waals surface area (Å²) in [4.78, 5) is 27.3. The number of halogens is 3. The summed E-state index contributed by atoms with van der Waals surface area (Å²) in [7, 11) is 1.59. The minimum absolute atomic E-state index is 0.000880. The summed E-state index contributed by atoms with van der Waals surface area (Å²) in [6.45, 7) is 0.631. The first-order valence-electron chi connectivity index (χ1n) is 9.28. The van der Waals surface area contributed by atoms with E-state index in [4.69, 9.17) is 0 Å². The molecule has 1 fully saturated rings. The molecule has 2 aromatic rings. The molecule has 2 amide bonds. The number of hydrogen-bond acceptors (Lipinski definition) is 3. The van der Waals surface area contributed by atoms with E-state index in [1.807, 2.05) is 0 Å². The van der Waals surface area contributed by atoms with Crippen LogP contribution in [-0.4, -0.2) is 36.9 Å². The molecule has 3 rings (SSSR count). The molecular formula is C21H22F3N3O2. The average molecular weight is 405 g/mol. The fraction of sp³-hybridized carbons (Fsp3) is 0.333. The minimum atomic E-state index is -4.43. The van der Waals surface area contributed by atoms with Crippen LogP contribution in [0.25, 0.3) is 0 Å². The SMILES string of the molecule is CN(CC(=O)Nc1ccc(N2CCCC2=O)cc1)Cc1ccccc1C(F)(F)F. The van der Waals surface area contributed by atoms with Gasteiger partial charge in [-0.15, -0.1) is 0 Å². The third-order valence-electron chi connectivity index (χ3n) is 4.71. The molecule has 0 radical (unpaired) electrons. The summed E-state index contributed by atoms with van der Waals surface area (Å²) < 4.78 is 39.3. The largest absolute Gasteiger partial charge is 0.416 e. The molecule has 29 heavy (non-hydrogen) atoms. The lowest BCUT2D eigenvalue weighted by atomic mass is 10.1. The smallest absolute Gasteiger partial charge is 0.325 e. The number of likely N-dealkylation sites (N-methyl/N-ethyl adjacent to an activating group) is 1. The summed E-state index contributed by atoms with van der Waals surface area (Å²) in [5.74, 6) is -0.246. The number of benzene rings is 2. The number of nitrogens with zero attached hydrogens (tertiary/aromatic N) is 2. The highest BCUT2D eigenvalue weighted by atomic mass is 19.4. The highest BCUT2D eigenvalue weighted by Gasteiger charge is 2.33. The number of alkyl halides is 3. The summed E-state index contributed by atoms with van der Waals surface area (Å²) in [5, 5.41) is 2.73. The Kier molecular flexibility index (Phi) is 6.22. The molecule has 0 bridgehead atoms. The Hall–Kier alpha value is -2.87. The Bertz CT molecular complexity index is 881. The van der Waals surface area contributed by atoms with Crippen LogP contribution in [0.5, 0.6) is 0 Å². The van der Waals surface area contributed by atoms with Crippen molar-refractivity contribution in [2.75, 3.05) is 30.4 Å². The van der Waals surface area contributed by atoms with Crippen LogP contribution in [0.2, 0.25) is 0 Å². The maximum atomic E-state index is 13.1. The zero-order valence-corrected chi connectivity index (χ0v) is 16.0. The number of amides is 2. The van der Waals surface area contributed by atoms with Gasteiger partial charge in [0.05, 0.1) is 12.1 Å². The van der Waals surface area contributed by atoms with Gasteiger partial charge in [0.15, 0.2) is 0 Å². The monoisotopic (exact) mass is 405 g/mol. The van der Waals surface area contributed by atoms with Gasteiger partial charge in [-0.05, 0) is 49.4 Å². The molecule has 1 aliphatic heterocycles. The molecule has 0 unspecified atom stereocenters. The Morgan fingerprint density at radius 1 is 1.14 bits per heavy atom. The molecule has 1 saturated heterocycles. The fourth-order valence-corrected chi connectivity index (χ4v) is 3.37. The van der Waals surface area contributed by atoms with Crippen molar-refractivity contribution in [3.63, 3.8) is 0 Å². The molecule has 0 spiro atoms. The van der Waals surface area contributed by atoms with Crippen molar-refractivity contribution < 1.29 is 22.8 Å². The molecule has 0 atom stereocenters. The van der Waals surface area contributed by atoms with E-state index in [1.165, 1.54) is 17.0 Å². The van der Waals surface area contributed by atoms with Gasteiger partial charge in [-0.2, -0.15) is 13.2 Å². The number of carbonyl (C=O) groups is 2. The van der Waals surface area contributed by atoms with Crippen LogP contribution in [0.3, 0.4) is 0 Å². The highest BCUT2D eigenvalue weighted by Crippen LogP contribution is 2.32. The van der Waals surface area contributed by atoms with Gasteiger partial charge in [-0.25, -0.2) is 0 Å². The van der Waals surface area contributed by atoms with Gasteiger partial charge >= 0.3 is 6.18 Å². The normalized spacial score (nSPS) is 14.5. The first kappa shape index (κ1) is 20.9. The van der Waals surface area contributed by atoms with E-state index in [2.05, 4.69) is 5.32 Å². The predicted octanol–water partition coefficient (Wildman–Crippen LogP) is 3.90. The lowest BCUT2D eigenvalue weighted by Crippen LogP contribution is -2.30. The standard InChI is InChI=1S/C21H22F3N3O2/c1-26(13-15-5-2-3-6-18(15)21(22,23)24)14-19(28)25-16-8-10-17(11-9-16)27-12-4-7-20(27)29/h2-3,5-6,8-11H,4,7,12-14H2,1H3,(H,25,28). The van der Waals surface area contributed by atoms with Gasteiger partial charge in [-0.3, -0.25) is 14.5 Å². The summed E-state index contributed by atoms with van der Waals surface area (Å²) >= 11 is 0. The molecule has 5 nitrogen and oxygen atoms in total. The lowest BCUT2D eigenvalue weighted by molar-refractivity contribution is -0.138. The van der Waals surface area contributed by atoms with Crippen LogP contribution in [0.4, 0.5) is 24.5 Å². The van der Waals surface area contributed by atoms with Crippen molar-refractivity contribution in [3.05, 3.63) is 59.7 Å². The Balaban J connectivity index is 1.56. The molecule has 2 aromatic carbocycles. The van der Waals surface area contributed by atoms with Crippen LogP contribution in [-0.2, 0) is 22.3 Å². The molecule has 1 N–H and O–H groups in total. The zero-order valence-electron chi connectivity index (χ0n) is 16.0. The van der Waals surface area contributed by atoms with E-state index in [0.29, 0.717) is 18.7 Å². The second-order valence-electron chi connectivity index (χ2n) is 7.07. The van der Waals surface area contributed by atoms with E-state index in [-0.39, 0.29) is 30.5 Å². The number of carbonyl (C=O) groups excluding carboxylic acids is 2. The molecule has 0 saturated carbocycles. The second-order valence-corrected chi connectivity index (χ2v) is 7.07. The van der Waals surface area contributed by atoms with Gasteiger partial charge in [0, 0.05) is 30.9 Å².